The molecule has 5 heteroatoms. The Morgan fingerprint density at radius 3 is 0.397 bits per heavy atom. The summed E-state index contributed by atoms with van der Waals surface area (Å²) in [4.78, 5) is 47.0. The van der Waals surface area contributed by atoms with Gasteiger partial charge in [0.2, 0.25) is 0 Å². The average Bonchev–Trinajstić information content (AvgIpc) is 3.41. The Bertz CT molecular complexity index is 2180. The van der Waals surface area contributed by atoms with Gasteiger partial charge in [-0.05, 0) is 124 Å². The van der Waals surface area contributed by atoms with Crippen LogP contribution in [0.4, 0.5) is 0 Å². The molecule has 0 aliphatic heterocycles. The van der Waals surface area contributed by atoms with Gasteiger partial charge in [0, 0.05) is 44.1 Å². The van der Waals surface area contributed by atoms with Gasteiger partial charge >= 0.3 is 0 Å². The van der Waals surface area contributed by atoms with Crippen LogP contribution in [0.5, 0.6) is 0 Å². The largest absolute Gasteiger partial charge is 0.300 e. The van der Waals surface area contributed by atoms with E-state index in [4.69, 9.17) is 0 Å². The number of benzene rings is 8. The molecule has 8 aromatic carbocycles. The zero-order chi connectivity index (χ0) is 51.2. The Labute approximate surface area is 450 Å². The van der Waals surface area contributed by atoms with Crippen LogP contribution >= 0.6 is 0 Å². The molecule has 378 valence electrons. The van der Waals surface area contributed by atoms with Gasteiger partial charge in [-0.15, -0.1) is 0 Å². The van der Waals surface area contributed by atoms with E-state index in [0.717, 1.165) is 51.4 Å². The topological polar surface area (TPSA) is 68.3 Å². The molecule has 0 N–H and O–H groups in total. The minimum atomic E-state index is 0. The first-order chi connectivity index (χ1) is 35.0. The van der Waals surface area contributed by atoms with E-state index in [1.165, 1.54) is 44.5 Å². The molecule has 0 heterocycles. The van der Waals surface area contributed by atoms with Crippen LogP contribution in [0.25, 0.3) is 0 Å². The van der Waals surface area contributed by atoms with Gasteiger partial charge in [-0.3, -0.25) is 19.2 Å². The predicted octanol–water partition coefficient (Wildman–Crippen LogP) is 14.7. The molecule has 0 radical (unpaired) electrons. The summed E-state index contributed by atoms with van der Waals surface area (Å²) in [5.41, 5.74) is 9.84. The molecule has 4 nitrogen and oxygen atoms in total. The summed E-state index contributed by atoms with van der Waals surface area (Å²) in [6.07, 6.45) is 6.60. The van der Waals surface area contributed by atoms with Crippen LogP contribution in [0.3, 0.4) is 0 Å². The molecule has 8 rings (SSSR count). The number of Topliss-reactive ketones (excluding diaryl/α,β-unsaturated/α-hetero) is 4. The molecule has 73 heavy (non-hydrogen) atoms. The number of rotatable bonds is 20. The molecule has 0 saturated heterocycles. The van der Waals surface area contributed by atoms with Crippen molar-refractivity contribution in [2.24, 2.45) is 23.7 Å². The summed E-state index contributed by atoms with van der Waals surface area (Å²) in [6, 6.07) is 81.7. The van der Waals surface area contributed by atoms with Crippen molar-refractivity contribution >= 4 is 23.1 Å². The van der Waals surface area contributed by atoms with Crippen molar-refractivity contribution in [3.63, 3.8) is 0 Å². The van der Waals surface area contributed by atoms with Gasteiger partial charge < -0.3 is 0 Å². The summed E-state index contributed by atoms with van der Waals surface area (Å²) in [7, 11) is 0. The molecule has 0 spiro atoms. The van der Waals surface area contributed by atoms with Crippen molar-refractivity contribution in [2.75, 3.05) is 0 Å². The zero-order valence-electron chi connectivity index (χ0n) is 43.0. The van der Waals surface area contributed by atoms with Crippen LogP contribution < -0.4 is 0 Å². The van der Waals surface area contributed by atoms with Crippen molar-refractivity contribution < 1.29 is 39.6 Å². The standard InChI is InChI=1S/4C17H18O.Pd/c4*1-14(18)17(12-15-8-4-2-5-9-15)13-16-10-6-3-7-11-16;/h4*2-11,17H,12-13H2,1H3;. The molecule has 0 aromatic heterocycles. The Morgan fingerprint density at radius 1 is 0.219 bits per heavy atom. The van der Waals surface area contributed by atoms with Crippen LogP contribution in [0, 0.1) is 23.7 Å². The molecular formula is C68H72O4Pd. The number of ketones is 4. The summed E-state index contributed by atoms with van der Waals surface area (Å²) in [5, 5.41) is 0. The molecule has 0 amide bonds. The second-order valence-corrected chi connectivity index (χ2v) is 18.7. The summed E-state index contributed by atoms with van der Waals surface area (Å²) < 4.78 is 0. The second-order valence-electron chi connectivity index (χ2n) is 18.7. The summed E-state index contributed by atoms with van der Waals surface area (Å²) in [6.45, 7) is 6.76. The first-order valence-electron chi connectivity index (χ1n) is 25.4. The maximum Gasteiger partial charge on any atom is 0.133 e. The summed E-state index contributed by atoms with van der Waals surface area (Å²) in [5.74, 6) is 1.38. The van der Waals surface area contributed by atoms with E-state index in [0.29, 0.717) is 0 Å². The number of carbonyl (C=O) groups is 4. The Kier molecular flexibility index (Phi) is 27.1. The van der Waals surface area contributed by atoms with Crippen LogP contribution in [-0.4, -0.2) is 23.1 Å². The first-order valence-corrected chi connectivity index (χ1v) is 25.4. The van der Waals surface area contributed by atoms with Crippen LogP contribution in [0.2, 0.25) is 0 Å². The smallest absolute Gasteiger partial charge is 0.133 e. The minimum Gasteiger partial charge on any atom is -0.300 e. The number of hydrogen-bond acceptors (Lipinski definition) is 4. The molecule has 0 unspecified atom stereocenters. The van der Waals surface area contributed by atoms with E-state index < -0.39 is 0 Å². The van der Waals surface area contributed by atoms with Crippen molar-refractivity contribution in [2.45, 2.75) is 79.1 Å². The third-order valence-corrected chi connectivity index (χ3v) is 12.9. The molecule has 0 atom stereocenters. The van der Waals surface area contributed by atoms with Crippen molar-refractivity contribution in [3.05, 3.63) is 287 Å². The van der Waals surface area contributed by atoms with Gasteiger partial charge in [-0.25, -0.2) is 0 Å². The van der Waals surface area contributed by atoms with Gasteiger partial charge in [-0.1, -0.05) is 243 Å². The second kappa shape index (κ2) is 33.7. The van der Waals surface area contributed by atoms with E-state index in [9.17, 15) is 19.2 Å². The maximum atomic E-state index is 11.8. The monoisotopic (exact) mass is 1060 g/mol. The van der Waals surface area contributed by atoms with Crippen LogP contribution in [-0.2, 0) is 91.0 Å². The van der Waals surface area contributed by atoms with E-state index in [2.05, 4.69) is 97.1 Å². The molecule has 8 aromatic rings. The van der Waals surface area contributed by atoms with E-state index >= 15 is 0 Å². The molecule has 0 fully saturated rings. The fourth-order valence-electron chi connectivity index (χ4n) is 8.63. The van der Waals surface area contributed by atoms with E-state index in [-0.39, 0.29) is 67.2 Å². The minimum absolute atomic E-state index is 0. The van der Waals surface area contributed by atoms with Crippen molar-refractivity contribution in [3.8, 4) is 0 Å². The Balaban J connectivity index is 0.000000210. The van der Waals surface area contributed by atoms with Crippen LogP contribution in [0.1, 0.15) is 72.2 Å². The zero-order valence-corrected chi connectivity index (χ0v) is 44.6. The molecule has 0 saturated carbocycles. The van der Waals surface area contributed by atoms with Crippen molar-refractivity contribution in [1.29, 1.82) is 0 Å². The Hall–Kier alpha value is -6.90. The first kappa shape index (κ1) is 58.7. The van der Waals surface area contributed by atoms with Gasteiger partial charge in [0.25, 0.3) is 0 Å². The fourth-order valence-corrected chi connectivity index (χ4v) is 8.63. The third-order valence-electron chi connectivity index (χ3n) is 12.9. The fraction of sp³-hybridized carbons (Fsp3) is 0.235. The summed E-state index contributed by atoms with van der Waals surface area (Å²) >= 11 is 0. The van der Waals surface area contributed by atoms with E-state index in [1.807, 2.05) is 146 Å². The predicted molar refractivity (Wildman–Crippen MR) is 298 cm³/mol. The average molecular weight is 1060 g/mol. The molecular weight excluding hydrogens is 987 g/mol. The van der Waals surface area contributed by atoms with Gasteiger partial charge in [0.05, 0.1) is 0 Å². The van der Waals surface area contributed by atoms with Gasteiger partial charge in [0.15, 0.2) is 0 Å². The molecule has 0 bridgehead atoms. The Morgan fingerprint density at radius 2 is 0.315 bits per heavy atom. The van der Waals surface area contributed by atoms with Gasteiger partial charge in [-0.2, -0.15) is 0 Å². The third kappa shape index (κ3) is 23.5. The maximum absolute atomic E-state index is 11.8. The molecule has 0 aliphatic carbocycles. The molecule has 0 aliphatic rings. The van der Waals surface area contributed by atoms with Gasteiger partial charge in [0.1, 0.15) is 23.1 Å². The van der Waals surface area contributed by atoms with E-state index in [1.54, 1.807) is 27.7 Å². The number of carbonyl (C=O) groups excluding carboxylic acids is 4. The van der Waals surface area contributed by atoms with Crippen LogP contribution in [0.15, 0.2) is 243 Å². The van der Waals surface area contributed by atoms with Crippen molar-refractivity contribution in [1.82, 2.24) is 0 Å². The quantitative estimate of drug-likeness (QED) is 0.0713. The SMILES string of the molecule is CC(=O)C(Cc1ccccc1)Cc1ccccc1.CC(=O)C(Cc1ccccc1)Cc1ccccc1.CC(=O)C(Cc1ccccc1)Cc1ccccc1.CC(=O)C(Cc1ccccc1)Cc1ccccc1.[Pd]. The number of hydrogen-bond donors (Lipinski definition) is 0. The normalized spacial score (nSPS) is 10.4.